The Bertz CT molecular complexity index is 641. The van der Waals surface area contributed by atoms with Gasteiger partial charge in [-0.15, -0.1) is 0 Å². The van der Waals surface area contributed by atoms with Crippen LogP contribution in [0, 0.1) is 5.41 Å². The lowest BCUT2D eigenvalue weighted by molar-refractivity contribution is -0.158. The van der Waals surface area contributed by atoms with Crippen LogP contribution in [0.3, 0.4) is 0 Å². The third-order valence-corrected chi connectivity index (χ3v) is 4.54. The fourth-order valence-electron chi connectivity index (χ4n) is 2.94. The molecule has 0 saturated carbocycles. The first-order valence-electron chi connectivity index (χ1n) is 8.26. The Morgan fingerprint density at radius 1 is 0.880 bits per heavy atom. The third kappa shape index (κ3) is 5.06. The molecule has 2 aromatic carbocycles. The van der Waals surface area contributed by atoms with Crippen molar-refractivity contribution >= 4 is 0 Å². The van der Waals surface area contributed by atoms with E-state index in [2.05, 4.69) is 5.32 Å². The molecule has 2 N–H and O–H groups in total. The fraction of sp³-hybridized carbons (Fsp3) is 0.400. The lowest BCUT2D eigenvalue weighted by atomic mass is 9.75. The van der Waals surface area contributed by atoms with Gasteiger partial charge in [0.2, 0.25) is 0 Å². The summed E-state index contributed by atoms with van der Waals surface area (Å²) in [5.74, 6) is -0.257. The van der Waals surface area contributed by atoms with E-state index in [1.165, 1.54) is 12.1 Å². The molecule has 0 bridgehead atoms. The van der Waals surface area contributed by atoms with Crippen molar-refractivity contribution in [3.8, 4) is 0 Å². The first-order chi connectivity index (χ1) is 11.8. The average Bonchev–Trinajstić information content (AvgIpc) is 2.59. The third-order valence-electron chi connectivity index (χ3n) is 4.54. The van der Waals surface area contributed by atoms with Gasteiger partial charge in [-0.2, -0.15) is 13.2 Å². The first-order valence-corrected chi connectivity index (χ1v) is 8.26. The molecule has 0 unspecified atom stereocenters. The number of aliphatic hydroxyl groups excluding tert-OH is 1. The van der Waals surface area contributed by atoms with Crippen LogP contribution in [0.15, 0.2) is 60.7 Å². The Balaban J connectivity index is 2.26. The highest BCUT2D eigenvalue weighted by Crippen LogP contribution is 2.37. The van der Waals surface area contributed by atoms with Gasteiger partial charge in [0.1, 0.15) is 6.04 Å². The van der Waals surface area contributed by atoms with Crippen molar-refractivity contribution in [2.45, 2.75) is 32.0 Å². The van der Waals surface area contributed by atoms with E-state index in [1.54, 1.807) is 18.2 Å². The van der Waals surface area contributed by atoms with Gasteiger partial charge in [0.25, 0.3) is 0 Å². The number of hydrogen-bond donors (Lipinski definition) is 2. The molecular formula is C20H24F3NO. The molecule has 0 aliphatic heterocycles. The Kier molecular flexibility index (Phi) is 6.25. The second-order valence-electron chi connectivity index (χ2n) is 6.90. The molecule has 0 amide bonds. The van der Waals surface area contributed by atoms with E-state index in [0.29, 0.717) is 0 Å². The maximum Gasteiger partial charge on any atom is 0.407 e. The first kappa shape index (κ1) is 19.5. The smallest absolute Gasteiger partial charge is 0.396 e. The molecule has 2 rings (SSSR count). The van der Waals surface area contributed by atoms with Crippen LogP contribution in [-0.4, -0.2) is 24.4 Å². The second kappa shape index (κ2) is 8.02. The Morgan fingerprint density at radius 2 is 1.36 bits per heavy atom. The number of benzene rings is 2. The van der Waals surface area contributed by atoms with Crippen molar-refractivity contribution in [3.63, 3.8) is 0 Å². The average molecular weight is 351 g/mol. The van der Waals surface area contributed by atoms with Crippen molar-refractivity contribution in [3.05, 3.63) is 71.8 Å². The summed E-state index contributed by atoms with van der Waals surface area (Å²) in [4.78, 5) is 0. The minimum atomic E-state index is -4.40. The molecule has 0 aliphatic carbocycles. The molecule has 25 heavy (non-hydrogen) atoms. The second-order valence-corrected chi connectivity index (χ2v) is 6.90. The normalized spacial score (nSPS) is 15.0. The predicted octanol–water partition coefficient (Wildman–Crippen LogP) is 4.68. The lowest BCUT2D eigenvalue weighted by Crippen LogP contribution is -2.40. The summed E-state index contributed by atoms with van der Waals surface area (Å²) in [7, 11) is 0. The highest BCUT2D eigenvalue weighted by Gasteiger charge is 2.41. The van der Waals surface area contributed by atoms with Crippen LogP contribution in [0.1, 0.15) is 36.9 Å². The Morgan fingerprint density at radius 3 is 1.80 bits per heavy atom. The van der Waals surface area contributed by atoms with E-state index in [-0.39, 0.29) is 24.6 Å². The summed E-state index contributed by atoms with van der Waals surface area (Å²) >= 11 is 0. The summed E-state index contributed by atoms with van der Waals surface area (Å²) in [6.07, 6.45) is -4.40. The number of aliphatic hydroxyl groups is 1. The fourth-order valence-corrected chi connectivity index (χ4v) is 2.94. The quantitative estimate of drug-likeness (QED) is 0.759. The van der Waals surface area contributed by atoms with E-state index in [0.717, 1.165) is 5.56 Å². The van der Waals surface area contributed by atoms with Gasteiger partial charge in [-0.05, 0) is 16.5 Å². The Hall–Kier alpha value is -1.85. The van der Waals surface area contributed by atoms with Gasteiger partial charge < -0.3 is 10.4 Å². The number of rotatable bonds is 7. The maximum absolute atomic E-state index is 13.5. The maximum atomic E-state index is 13.5. The van der Waals surface area contributed by atoms with E-state index in [1.807, 2.05) is 44.2 Å². The molecule has 0 spiro atoms. The molecule has 136 valence electrons. The van der Waals surface area contributed by atoms with Gasteiger partial charge in [0.15, 0.2) is 0 Å². The summed E-state index contributed by atoms with van der Waals surface area (Å²) in [6.45, 7) is 3.71. The van der Waals surface area contributed by atoms with E-state index < -0.39 is 17.6 Å². The van der Waals surface area contributed by atoms with Gasteiger partial charge >= 0.3 is 6.18 Å². The number of nitrogens with one attached hydrogen (secondary N) is 1. The molecule has 0 fully saturated rings. The van der Waals surface area contributed by atoms with Crippen molar-refractivity contribution < 1.29 is 18.3 Å². The predicted molar refractivity (Wildman–Crippen MR) is 93.3 cm³/mol. The number of hydrogen-bond acceptors (Lipinski definition) is 2. The monoisotopic (exact) mass is 351 g/mol. The Labute approximate surface area is 146 Å². The van der Waals surface area contributed by atoms with Crippen LogP contribution in [0.5, 0.6) is 0 Å². The molecule has 0 aromatic heterocycles. The highest BCUT2D eigenvalue weighted by molar-refractivity contribution is 5.24. The zero-order valence-electron chi connectivity index (χ0n) is 14.4. The van der Waals surface area contributed by atoms with E-state index in [9.17, 15) is 18.3 Å². The molecule has 0 aliphatic rings. The summed E-state index contributed by atoms with van der Waals surface area (Å²) < 4.78 is 40.6. The van der Waals surface area contributed by atoms with Gasteiger partial charge in [-0.3, -0.25) is 0 Å². The number of alkyl halides is 3. The lowest BCUT2D eigenvalue weighted by Gasteiger charge is -2.35. The largest absolute Gasteiger partial charge is 0.407 e. The topological polar surface area (TPSA) is 32.3 Å². The minimum Gasteiger partial charge on any atom is -0.396 e. The molecule has 2 nitrogen and oxygen atoms in total. The van der Waals surface area contributed by atoms with Crippen molar-refractivity contribution in [1.82, 2.24) is 5.32 Å². The van der Waals surface area contributed by atoms with Crippen LogP contribution in [0.2, 0.25) is 0 Å². The molecule has 0 saturated heterocycles. The van der Waals surface area contributed by atoms with Crippen LogP contribution < -0.4 is 5.32 Å². The summed E-state index contributed by atoms with van der Waals surface area (Å²) in [5, 5.41) is 12.4. The summed E-state index contributed by atoms with van der Waals surface area (Å²) in [5.41, 5.74) is 0.535. The van der Waals surface area contributed by atoms with Gasteiger partial charge in [0.05, 0.1) is 0 Å². The van der Waals surface area contributed by atoms with Gasteiger partial charge in [0, 0.05) is 19.1 Å². The van der Waals surface area contributed by atoms with Crippen LogP contribution in [0.4, 0.5) is 13.2 Å². The van der Waals surface area contributed by atoms with Crippen LogP contribution >= 0.6 is 0 Å². The van der Waals surface area contributed by atoms with Crippen molar-refractivity contribution in [2.75, 3.05) is 13.2 Å². The molecule has 0 heterocycles. The van der Waals surface area contributed by atoms with Gasteiger partial charge in [-0.25, -0.2) is 0 Å². The van der Waals surface area contributed by atoms with E-state index in [4.69, 9.17) is 0 Å². The molecular weight excluding hydrogens is 327 g/mol. The van der Waals surface area contributed by atoms with E-state index >= 15 is 0 Å². The summed E-state index contributed by atoms with van der Waals surface area (Å²) in [6, 6.07) is 15.4. The minimum absolute atomic E-state index is 0.108. The molecule has 2 atom stereocenters. The van der Waals surface area contributed by atoms with Crippen LogP contribution in [0.25, 0.3) is 0 Å². The zero-order valence-corrected chi connectivity index (χ0v) is 14.4. The van der Waals surface area contributed by atoms with Crippen molar-refractivity contribution in [2.24, 2.45) is 5.41 Å². The SMILES string of the molecule is CC(C)(CO)[C@@H](CN[C@H](c1ccccc1)C(F)(F)F)c1ccccc1. The standard InChI is InChI=1S/C20H24F3NO/c1-19(2,14-25)17(15-9-5-3-6-10-15)13-24-18(20(21,22)23)16-11-7-4-8-12-16/h3-12,17-18,24-25H,13-14H2,1-2H3/t17-,18+/m0/s1. The zero-order chi connectivity index (χ0) is 18.5. The highest BCUT2D eigenvalue weighted by atomic mass is 19.4. The van der Waals surface area contributed by atoms with Crippen molar-refractivity contribution in [1.29, 1.82) is 0 Å². The molecule has 5 heteroatoms. The number of halogens is 3. The molecule has 2 aromatic rings. The van der Waals surface area contributed by atoms with Crippen LogP contribution in [-0.2, 0) is 0 Å². The van der Waals surface area contributed by atoms with Gasteiger partial charge in [-0.1, -0.05) is 74.5 Å². The molecule has 0 radical (unpaired) electrons.